The van der Waals surface area contributed by atoms with Crippen LogP contribution in [0.1, 0.15) is 18.2 Å². The molecule has 0 saturated heterocycles. The molecule has 0 amide bonds. The Morgan fingerprint density at radius 1 is 1.18 bits per heavy atom. The summed E-state index contributed by atoms with van der Waals surface area (Å²) in [5.41, 5.74) is 0.527. The topological polar surface area (TPSA) is 28.7 Å². The zero-order valence-corrected chi connectivity index (χ0v) is 9.17. The van der Waals surface area contributed by atoms with E-state index in [1.54, 1.807) is 31.2 Å². The van der Waals surface area contributed by atoms with Crippen LogP contribution >= 0.6 is 0 Å². The summed E-state index contributed by atoms with van der Waals surface area (Å²) in [6.07, 6.45) is -4.10. The fraction of sp³-hybridized carbons (Fsp3) is 0.250. The first kappa shape index (κ1) is 11.7. The molecule has 0 saturated carbocycles. The number of aromatic amines is 1. The Morgan fingerprint density at radius 2 is 1.82 bits per heavy atom. The van der Waals surface area contributed by atoms with Gasteiger partial charge in [-0.15, -0.1) is 0 Å². The number of benzene rings is 1. The summed E-state index contributed by atoms with van der Waals surface area (Å²) in [7, 11) is 0. The molecule has 0 bridgehead atoms. The molecule has 0 aliphatic carbocycles. The summed E-state index contributed by atoms with van der Waals surface area (Å²) >= 11 is 0. The highest BCUT2D eigenvalue weighted by Crippen LogP contribution is 2.34. The second kappa shape index (κ2) is 4.24. The van der Waals surface area contributed by atoms with Crippen molar-refractivity contribution in [3.8, 4) is 11.3 Å². The van der Waals surface area contributed by atoms with E-state index < -0.39 is 11.9 Å². The van der Waals surface area contributed by atoms with Crippen molar-refractivity contribution >= 4 is 0 Å². The van der Waals surface area contributed by atoms with Gasteiger partial charge in [0.05, 0.1) is 5.69 Å². The normalized spacial score (nSPS) is 11.8. The van der Waals surface area contributed by atoms with E-state index in [0.717, 1.165) is 0 Å². The minimum Gasteiger partial charge on any atom is -0.273 e. The molecule has 1 aromatic carbocycles. The zero-order chi connectivity index (χ0) is 12.5. The van der Waals surface area contributed by atoms with E-state index in [0.29, 0.717) is 11.3 Å². The highest BCUT2D eigenvalue weighted by Gasteiger charge is 2.36. The number of nitrogens with one attached hydrogen (secondary N) is 1. The van der Waals surface area contributed by atoms with Gasteiger partial charge in [-0.1, -0.05) is 37.3 Å². The van der Waals surface area contributed by atoms with Gasteiger partial charge in [-0.3, -0.25) is 5.10 Å². The predicted molar refractivity (Wildman–Crippen MR) is 58.4 cm³/mol. The SMILES string of the molecule is CCc1c(-c2ccccc2)n[nH]c1C(F)(F)F. The van der Waals surface area contributed by atoms with E-state index in [4.69, 9.17) is 0 Å². The van der Waals surface area contributed by atoms with Gasteiger partial charge >= 0.3 is 6.18 Å². The third kappa shape index (κ3) is 2.18. The van der Waals surface area contributed by atoms with E-state index >= 15 is 0 Å². The predicted octanol–water partition coefficient (Wildman–Crippen LogP) is 3.66. The van der Waals surface area contributed by atoms with Crippen LogP contribution in [-0.2, 0) is 12.6 Å². The Morgan fingerprint density at radius 3 is 2.35 bits per heavy atom. The minimum atomic E-state index is -4.38. The maximum atomic E-state index is 12.7. The quantitative estimate of drug-likeness (QED) is 0.852. The van der Waals surface area contributed by atoms with Crippen LogP contribution in [0.4, 0.5) is 13.2 Å². The number of nitrogens with zero attached hydrogens (tertiary/aromatic N) is 1. The first-order chi connectivity index (χ1) is 8.04. The molecule has 2 rings (SSSR count). The Kier molecular flexibility index (Phi) is 2.92. The smallest absolute Gasteiger partial charge is 0.273 e. The standard InChI is InChI=1S/C12H11F3N2/c1-2-9-10(8-6-4-3-5-7-8)16-17-11(9)12(13,14)15/h3-7H,2H2,1H3,(H,16,17). The lowest BCUT2D eigenvalue weighted by Gasteiger charge is -2.06. The molecule has 0 unspecified atom stereocenters. The number of hydrogen-bond acceptors (Lipinski definition) is 1. The van der Waals surface area contributed by atoms with Crippen LogP contribution in [0.15, 0.2) is 30.3 Å². The highest BCUT2D eigenvalue weighted by molar-refractivity contribution is 5.64. The van der Waals surface area contributed by atoms with E-state index in [-0.39, 0.29) is 12.0 Å². The number of alkyl halides is 3. The van der Waals surface area contributed by atoms with Crippen LogP contribution in [0.5, 0.6) is 0 Å². The molecular formula is C12H11F3N2. The van der Waals surface area contributed by atoms with E-state index in [1.807, 2.05) is 6.07 Å². The largest absolute Gasteiger partial charge is 0.433 e. The Hall–Kier alpha value is -1.78. The van der Waals surface area contributed by atoms with Crippen molar-refractivity contribution in [3.05, 3.63) is 41.6 Å². The van der Waals surface area contributed by atoms with Crippen LogP contribution in [0.2, 0.25) is 0 Å². The molecule has 0 fully saturated rings. The van der Waals surface area contributed by atoms with Crippen LogP contribution in [-0.4, -0.2) is 10.2 Å². The second-order valence-electron chi connectivity index (χ2n) is 3.64. The van der Waals surface area contributed by atoms with Crippen molar-refractivity contribution in [2.45, 2.75) is 19.5 Å². The van der Waals surface area contributed by atoms with E-state index in [9.17, 15) is 13.2 Å². The van der Waals surface area contributed by atoms with Gasteiger partial charge < -0.3 is 0 Å². The zero-order valence-electron chi connectivity index (χ0n) is 9.17. The Balaban J connectivity index is 2.54. The second-order valence-corrected chi connectivity index (χ2v) is 3.64. The molecular weight excluding hydrogens is 229 g/mol. The van der Waals surface area contributed by atoms with Crippen molar-refractivity contribution in [2.75, 3.05) is 0 Å². The molecule has 0 aliphatic heterocycles. The van der Waals surface area contributed by atoms with Crippen molar-refractivity contribution in [3.63, 3.8) is 0 Å². The summed E-state index contributed by atoms with van der Waals surface area (Å²) in [5, 5.41) is 5.87. The molecule has 1 heterocycles. The maximum absolute atomic E-state index is 12.7. The summed E-state index contributed by atoms with van der Waals surface area (Å²) in [5.74, 6) is 0. The highest BCUT2D eigenvalue weighted by atomic mass is 19.4. The molecule has 5 heteroatoms. The Labute approximate surface area is 96.5 Å². The first-order valence-electron chi connectivity index (χ1n) is 5.24. The van der Waals surface area contributed by atoms with Crippen molar-refractivity contribution in [1.29, 1.82) is 0 Å². The first-order valence-corrected chi connectivity index (χ1v) is 5.24. The van der Waals surface area contributed by atoms with Gasteiger partial charge in [0.1, 0.15) is 5.69 Å². The van der Waals surface area contributed by atoms with Crippen molar-refractivity contribution in [1.82, 2.24) is 10.2 Å². The summed E-state index contributed by atoms with van der Waals surface area (Å²) in [4.78, 5) is 0. The van der Waals surface area contributed by atoms with Gasteiger partial charge in [-0.05, 0) is 6.42 Å². The van der Waals surface area contributed by atoms with Gasteiger partial charge in [0.15, 0.2) is 0 Å². The molecule has 0 aliphatic rings. The van der Waals surface area contributed by atoms with Crippen LogP contribution < -0.4 is 0 Å². The molecule has 2 nitrogen and oxygen atoms in total. The van der Waals surface area contributed by atoms with Gasteiger partial charge in [-0.25, -0.2) is 0 Å². The lowest BCUT2D eigenvalue weighted by Crippen LogP contribution is -2.08. The molecule has 17 heavy (non-hydrogen) atoms. The summed E-state index contributed by atoms with van der Waals surface area (Å²) < 4.78 is 38.1. The van der Waals surface area contributed by atoms with Gasteiger partial charge in [-0.2, -0.15) is 18.3 Å². The monoisotopic (exact) mass is 240 g/mol. The molecule has 0 radical (unpaired) electrons. The molecule has 90 valence electrons. The minimum absolute atomic E-state index is 0.212. The van der Waals surface area contributed by atoms with Gasteiger partial charge in [0.2, 0.25) is 0 Å². The third-order valence-corrected chi connectivity index (χ3v) is 2.55. The van der Waals surface area contributed by atoms with Crippen LogP contribution in [0.25, 0.3) is 11.3 Å². The fourth-order valence-electron chi connectivity index (χ4n) is 1.78. The molecule has 2 aromatic rings. The van der Waals surface area contributed by atoms with Gasteiger partial charge in [0, 0.05) is 11.1 Å². The lowest BCUT2D eigenvalue weighted by atomic mass is 10.0. The number of halogens is 3. The average molecular weight is 240 g/mol. The number of rotatable bonds is 2. The van der Waals surface area contributed by atoms with E-state index in [1.165, 1.54) is 0 Å². The lowest BCUT2D eigenvalue weighted by molar-refractivity contribution is -0.141. The molecule has 0 atom stereocenters. The van der Waals surface area contributed by atoms with Crippen molar-refractivity contribution in [2.24, 2.45) is 0 Å². The van der Waals surface area contributed by atoms with E-state index in [2.05, 4.69) is 10.2 Å². The number of hydrogen-bond donors (Lipinski definition) is 1. The summed E-state index contributed by atoms with van der Waals surface area (Å²) in [6.45, 7) is 1.69. The van der Waals surface area contributed by atoms with Crippen molar-refractivity contribution < 1.29 is 13.2 Å². The number of H-pyrrole nitrogens is 1. The third-order valence-electron chi connectivity index (χ3n) is 2.55. The maximum Gasteiger partial charge on any atom is 0.433 e. The molecule has 1 aromatic heterocycles. The van der Waals surface area contributed by atoms with Crippen LogP contribution in [0, 0.1) is 0 Å². The fourth-order valence-corrected chi connectivity index (χ4v) is 1.78. The van der Waals surface area contributed by atoms with Crippen LogP contribution in [0.3, 0.4) is 0 Å². The Bertz CT molecular complexity index is 500. The number of aromatic nitrogens is 2. The molecule has 1 N–H and O–H groups in total. The average Bonchev–Trinajstić information content (AvgIpc) is 2.73. The molecule has 0 spiro atoms. The summed E-state index contributed by atoms with van der Waals surface area (Å²) in [6, 6.07) is 8.85. The van der Waals surface area contributed by atoms with Gasteiger partial charge in [0.25, 0.3) is 0 Å².